The first-order valence-electron chi connectivity index (χ1n) is 7.42. The molecule has 0 saturated carbocycles. The van der Waals surface area contributed by atoms with E-state index in [4.69, 9.17) is 4.74 Å². The van der Waals surface area contributed by atoms with E-state index in [0.29, 0.717) is 6.07 Å². The molecule has 7 heteroatoms. The molecule has 4 nitrogen and oxygen atoms in total. The summed E-state index contributed by atoms with van der Waals surface area (Å²) in [7, 11) is 0. The van der Waals surface area contributed by atoms with Crippen LogP contribution in [0.2, 0.25) is 0 Å². The molecule has 1 aromatic rings. The fraction of sp³-hybridized carbons (Fsp3) is 0.500. The molecule has 1 rings (SSSR count). The van der Waals surface area contributed by atoms with Gasteiger partial charge in [-0.1, -0.05) is 20.8 Å². The van der Waals surface area contributed by atoms with E-state index in [2.05, 4.69) is 5.32 Å². The summed E-state index contributed by atoms with van der Waals surface area (Å²) in [5, 5.41) is 1.75. The van der Waals surface area contributed by atoms with Crippen molar-refractivity contribution in [2.75, 3.05) is 11.9 Å². The lowest BCUT2D eigenvalue weighted by Crippen LogP contribution is -2.25. The van der Waals surface area contributed by atoms with E-state index in [1.54, 1.807) is 13.8 Å². The van der Waals surface area contributed by atoms with Crippen molar-refractivity contribution in [3.8, 4) is 0 Å². The summed E-state index contributed by atoms with van der Waals surface area (Å²) in [6, 6.07) is 1.91. The van der Waals surface area contributed by atoms with Crippen molar-refractivity contribution in [1.82, 2.24) is 0 Å². The molecule has 0 heterocycles. The lowest BCUT2D eigenvalue weighted by Gasteiger charge is -2.19. The lowest BCUT2D eigenvalue weighted by atomic mass is 10.1. The molecule has 0 bridgehead atoms. The van der Waals surface area contributed by atoms with Crippen LogP contribution < -0.4 is 5.32 Å². The maximum absolute atomic E-state index is 14.0. The molecule has 23 heavy (non-hydrogen) atoms. The number of halogens is 2. The molecule has 1 unspecified atom stereocenters. The van der Waals surface area contributed by atoms with Crippen molar-refractivity contribution in [3.63, 3.8) is 0 Å². The van der Waals surface area contributed by atoms with Gasteiger partial charge in [0.15, 0.2) is 0 Å². The van der Waals surface area contributed by atoms with Gasteiger partial charge in [0.05, 0.1) is 12.3 Å². The number of rotatable bonds is 7. The van der Waals surface area contributed by atoms with Crippen molar-refractivity contribution < 1.29 is 23.1 Å². The first-order valence-corrected chi connectivity index (χ1v) is 8.30. The van der Waals surface area contributed by atoms with Gasteiger partial charge in [-0.25, -0.2) is 8.78 Å². The van der Waals surface area contributed by atoms with E-state index in [1.165, 1.54) is 6.07 Å². The molecule has 1 aromatic carbocycles. The number of nitrogens with one attached hydrogen (secondary N) is 1. The Hall–Kier alpha value is -1.63. The molecular weight excluding hydrogens is 324 g/mol. The third kappa shape index (κ3) is 5.49. The average molecular weight is 345 g/mol. The Morgan fingerprint density at radius 2 is 1.87 bits per heavy atom. The largest absolute Gasteiger partial charge is 0.465 e. The van der Waals surface area contributed by atoms with Crippen LogP contribution in [0.3, 0.4) is 0 Å². The zero-order valence-corrected chi connectivity index (χ0v) is 14.4. The topological polar surface area (TPSA) is 55.4 Å². The van der Waals surface area contributed by atoms with Gasteiger partial charge in [-0.15, -0.1) is 11.8 Å². The van der Waals surface area contributed by atoms with Crippen molar-refractivity contribution in [2.24, 2.45) is 5.92 Å². The number of ether oxygens (including phenoxy) is 1. The number of esters is 1. The highest BCUT2D eigenvalue weighted by atomic mass is 32.2. The molecule has 1 atom stereocenters. The molecule has 1 amide bonds. The van der Waals surface area contributed by atoms with Gasteiger partial charge in [0.1, 0.15) is 16.9 Å². The zero-order chi connectivity index (χ0) is 17.6. The average Bonchev–Trinajstić information content (AvgIpc) is 2.48. The van der Waals surface area contributed by atoms with Crippen molar-refractivity contribution in [1.29, 1.82) is 0 Å². The minimum atomic E-state index is -0.856. The fourth-order valence-corrected chi connectivity index (χ4v) is 2.84. The van der Waals surface area contributed by atoms with Gasteiger partial charge in [0.25, 0.3) is 0 Å². The van der Waals surface area contributed by atoms with Crippen LogP contribution in [0.1, 0.15) is 34.1 Å². The highest BCUT2D eigenvalue weighted by Crippen LogP contribution is 2.34. The summed E-state index contributed by atoms with van der Waals surface area (Å²) in [6.45, 7) is 7.18. The Balaban J connectivity index is 3.08. The summed E-state index contributed by atoms with van der Waals surface area (Å²) in [5.41, 5.74) is -0.105. The summed E-state index contributed by atoms with van der Waals surface area (Å²) in [4.78, 5) is 23.5. The lowest BCUT2D eigenvalue weighted by molar-refractivity contribution is -0.143. The maximum Gasteiger partial charge on any atom is 0.319 e. The van der Waals surface area contributed by atoms with Crippen LogP contribution in [0.25, 0.3) is 0 Å². The molecule has 1 N–H and O–H groups in total. The van der Waals surface area contributed by atoms with Gasteiger partial charge in [-0.2, -0.15) is 0 Å². The van der Waals surface area contributed by atoms with Crippen molar-refractivity contribution >= 4 is 29.3 Å². The molecular formula is C16H21F2NO3S. The number of hydrogen-bond acceptors (Lipinski definition) is 4. The highest BCUT2D eigenvalue weighted by Gasteiger charge is 2.26. The molecule has 0 fully saturated rings. The van der Waals surface area contributed by atoms with Crippen LogP contribution in [0, 0.1) is 17.6 Å². The molecule has 128 valence electrons. The van der Waals surface area contributed by atoms with Crippen LogP contribution in [-0.2, 0) is 14.3 Å². The van der Waals surface area contributed by atoms with Crippen molar-refractivity contribution in [2.45, 2.75) is 44.3 Å². The van der Waals surface area contributed by atoms with Gasteiger partial charge in [0.2, 0.25) is 5.91 Å². The molecule has 0 spiro atoms. The number of carbonyl (C=O) groups is 2. The van der Waals surface area contributed by atoms with Crippen LogP contribution in [0.15, 0.2) is 17.0 Å². The number of hydrogen-bond donors (Lipinski definition) is 1. The van der Waals surface area contributed by atoms with E-state index < -0.39 is 22.9 Å². The van der Waals surface area contributed by atoms with Gasteiger partial charge < -0.3 is 10.1 Å². The first-order chi connectivity index (χ1) is 10.8. The Morgan fingerprint density at radius 1 is 1.22 bits per heavy atom. The molecule has 0 radical (unpaired) electrons. The van der Waals surface area contributed by atoms with Crippen LogP contribution >= 0.6 is 11.8 Å². The highest BCUT2D eigenvalue weighted by molar-refractivity contribution is 8.00. The fourth-order valence-electron chi connectivity index (χ4n) is 1.77. The third-order valence-corrected chi connectivity index (χ3v) is 4.55. The SMILES string of the molecule is CCOC(=O)C(Sc1cc(NC(=O)CC)c(F)cc1F)C(C)C. The van der Waals surface area contributed by atoms with Gasteiger partial charge in [-0.05, 0) is 18.9 Å². The molecule has 0 aliphatic heterocycles. The summed E-state index contributed by atoms with van der Waals surface area (Å²) < 4.78 is 32.7. The van der Waals surface area contributed by atoms with Crippen molar-refractivity contribution in [3.05, 3.63) is 23.8 Å². The van der Waals surface area contributed by atoms with Crippen LogP contribution in [0.5, 0.6) is 0 Å². The standard InChI is InChI=1S/C16H21F2NO3S/c1-5-14(20)19-12-8-13(11(18)7-10(12)17)23-15(9(3)4)16(21)22-6-2/h7-9,15H,5-6H2,1-4H3,(H,19,20). The third-order valence-electron chi connectivity index (χ3n) is 3.00. The monoisotopic (exact) mass is 345 g/mol. The number of thioether (sulfide) groups is 1. The smallest absolute Gasteiger partial charge is 0.319 e. The van der Waals surface area contributed by atoms with Gasteiger partial charge in [-0.3, -0.25) is 9.59 Å². The zero-order valence-electron chi connectivity index (χ0n) is 13.6. The quantitative estimate of drug-likeness (QED) is 0.600. The number of carbonyl (C=O) groups excluding carboxylic acids is 2. The molecule has 0 aliphatic carbocycles. The Kier molecular flexibility index (Phi) is 7.48. The molecule has 0 saturated heterocycles. The second-order valence-electron chi connectivity index (χ2n) is 5.20. The van der Waals surface area contributed by atoms with Crippen LogP contribution in [-0.4, -0.2) is 23.7 Å². The van der Waals surface area contributed by atoms with E-state index in [0.717, 1.165) is 11.8 Å². The number of amides is 1. The summed E-state index contributed by atoms with van der Waals surface area (Å²) in [6.07, 6.45) is 0.177. The maximum atomic E-state index is 14.0. The molecule has 0 aliphatic rings. The number of anilines is 1. The summed E-state index contributed by atoms with van der Waals surface area (Å²) >= 11 is 0.962. The molecule has 0 aromatic heterocycles. The second kappa shape index (κ2) is 8.86. The Labute approximate surface area is 139 Å². The van der Waals surface area contributed by atoms with E-state index in [9.17, 15) is 18.4 Å². The predicted molar refractivity (Wildman–Crippen MR) is 86.4 cm³/mol. The number of benzene rings is 1. The summed E-state index contributed by atoms with van der Waals surface area (Å²) in [5.74, 6) is -2.56. The first kappa shape index (κ1) is 19.4. The minimum absolute atomic E-state index is 0.0876. The second-order valence-corrected chi connectivity index (χ2v) is 6.38. The van der Waals surface area contributed by atoms with Crippen LogP contribution in [0.4, 0.5) is 14.5 Å². The van der Waals surface area contributed by atoms with Gasteiger partial charge >= 0.3 is 5.97 Å². The normalized spacial score (nSPS) is 12.1. The predicted octanol–water partition coefficient (Wildman–Crippen LogP) is 3.99. The van der Waals surface area contributed by atoms with E-state index in [1.807, 2.05) is 13.8 Å². The Morgan fingerprint density at radius 3 is 2.39 bits per heavy atom. The van der Waals surface area contributed by atoms with E-state index >= 15 is 0 Å². The Bertz CT molecular complexity index is 579. The van der Waals surface area contributed by atoms with E-state index in [-0.39, 0.29) is 35.4 Å². The minimum Gasteiger partial charge on any atom is -0.465 e. The van der Waals surface area contributed by atoms with Gasteiger partial charge in [0, 0.05) is 17.4 Å².